The van der Waals surface area contributed by atoms with Crippen LogP contribution in [0.15, 0.2) is 23.0 Å². The molecule has 100 valence electrons. The molecule has 0 unspecified atom stereocenters. The first-order valence-electron chi connectivity index (χ1n) is 6.31. The van der Waals surface area contributed by atoms with Crippen molar-refractivity contribution in [1.29, 1.82) is 0 Å². The Morgan fingerprint density at radius 1 is 1.26 bits per heavy atom. The predicted octanol–water partition coefficient (Wildman–Crippen LogP) is 2.88. The van der Waals surface area contributed by atoms with Crippen molar-refractivity contribution in [2.24, 2.45) is 0 Å². The number of nitrogens with one attached hydrogen (secondary N) is 1. The van der Waals surface area contributed by atoms with Crippen molar-refractivity contribution in [2.75, 3.05) is 0 Å². The number of rotatable bonds is 2. The number of benzene rings is 1. The first-order valence-corrected chi connectivity index (χ1v) is 6.31. The average molecular weight is 258 g/mol. The van der Waals surface area contributed by atoms with Gasteiger partial charge in [0.25, 0.3) is 5.56 Å². The Labute approximate surface area is 112 Å². The number of aromatic amines is 1. The molecule has 0 amide bonds. The number of aromatic nitrogens is 2. The van der Waals surface area contributed by atoms with Gasteiger partial charge in [0.2, 0.25) is 5.88 Å². The molecule has 0 saturated heterocycles. The third-order valence-corrected chi connectivity index (χ3v) is 3.15. The van der Waals surface area contributed by atoms with Crippen LogP contribution in [-0.4, -0.2) is 15.1 Å². The molecule has 0 radical (unpaired) electrons. The minimum absolute atomic E-state index is 0.0654. The van der Waals surface area contributed by atoms with Gasteiger partial charge in [-0.05, 0) is 25.3 Å². The number of nitrogens with zero attached hydrogens (tertiary/aromatic N) is 1. The van der Waals surface area contributed by atoms with Crippen LogP contribution in [0.25, 0.3) is 11.4 Å². The highest BCUT2D eigenvalue weighted by Gasteiger charge is 2.15. The summed E-state index contributed by atoms with van der Waals surface area (Å²) in [6.45, 7) is 7.66. The molecule has 0 aliphatic rings. The van der Waals surface area contributed by atoms with Crippen LogP contribution in [0.1, 0.15) is 36.5 Å². The summed E-state index contributed by atoms with van der Waals surface area (Å²) < 4.78 is 0. The lowest BCUT2D eigenvalue weighted by molar-refractivity contribution is 0.440. The maximum absolute atomic E-state index is 12.0. The standard InChI is InChI=1S/C15H18N2O2/c1-8(2)12-14(18)16-13(17-15(12)19)11-6-5-9(3)7-10(11)4/h5-8H,1-4H3,(H2,16,17,18,19). The van der Waals surface area contributed by atoms with Crippen molar-refractivity contribution in [2.45, 2.75) is 33.6 Å². The van der Waals surface area contributed by atoms with Crippen LogP contribution in [0.3, 0.4) is 0 Å². The Morgan fingerprint density at radius 2 is 1.95 bits per heavy atom. The summed E-state index contributed by atoms with van der Waals surface area (Å²) in [4.78, 5) is 18.9. The topological polar surface area (TPSA) is 66.0 Å². The molecule has 4 heteroatoms. The van der Waals surface area contributed by atoms with Crippen LogP contribution in [-0.2, 0) is 0 Å². The molecule has 1 aromatic heterocycles. The van der Waals surface area contributed by atoms with E-state index in [2.05, 4.69) is 9.97 Å². The number of aryl methyl sites for hydroxylation is 2. The van der Waals surface area contributed by atoms with E-state index in [9.17, 15) is 9.90 Å². The maximum atomic E-state index is 12.0. The third-order valence-electron chi connectivity index (χ3n) is 3.15. The Bertz CT molecular complexity index is 672. The maximum Gasteiger partial charge on any atom is 0.258 e. The molecule has 19 heavy (non-hydrogen) atoms. The zero-order valence-electron chi connectivity index (χ0n) is 11.6. The highest BCUT2D eigenvalue weighted by molar-refractivity contribution is 5.61. The molecule has 0 spiro atoms. The Hall–Kier alpha value is -2.10. The SMILES string of the molecule is Cc1ccc(-c2nc(O)c(C(C)C)c(=O)[nH]2)c(C)c1. The van der Waals surface area contributed by atoms with E-state index in [-0.39, 0.29) is 17.4 Å². The molecule has 1 aromatic carbocycles. The van der Waals surface area contributed by atoms with Crippen LogP contribution >= 0.6 is 0 Å². The van der Waals surface area contributed by atoms with E-state index in [1.165, 1.54) is 0 Å². The van der Waals surface area contributed by atoms with Crippen LogP contribution in [0.4, 0.5) is 0 Å². The fraction of sp³-hybridized carbons (Fsp3) is 0.333. The van der Waals surface area contributed by atoms with Crippen LogP contribution in [0.5, 0.6) is 5.88 Å². The van der Waals surface area contributed by atoms with Crippen molar-refractivity contribution >= 4 is 0 Å². The van der Waals surface area contributed by atoms with Gasteiger partial charge in [-0.25, -0.2) is 0 Å². The zero-order chi connectivity index (χ0) is 14.2. The second kappa shape index (κ2) is 4.88. The van der Waals surface area contributed by atoms with E-state index >= 15 is 0 Å². The minimum Gasteiger partial charge on any atom is -0.493 e. The molecule has 2 aromatic rings. The molecular weight excluding hydrogens is 240 g/mol. The van der Waals surface area contributed by atoms with E-state index in [1.807, 2.05) is 45.9 Å². The lowest BCUT2D eigenvalue weighted by atomic mass is 10.0. The summed E-state index contributed by atoms with van der Waals surface area (Å²) in [6, 6.07) is 5.87. The van der Waals surface area contributed by atoms with E-state index in [4.69, 9.17) is 0 Å². The molecule has 0 aliphatic carbocycles. The average Bonchev–Trinajstić information content (AvgIpc) is 2.26. The highest BCUT2D eigenvalue weighted by atomic mass is 16.3. The summed E-state index contributed by atoms with van der Waals surface area (Å²) in [7, 11) is 0. The van der Waals surface area contributed by atoms with Gasteiger partial charge >= 0.3 is 0 Å². The zero-order valence-corrected chi connectivity index (χ0v) is 11.6. The fourth-order valence-corrected chi connectivity index (χ4v) is 2.20. The van der Waals surface area contributed by atoms with Gasteiger partial charge in [-0.2, -0.15) is 4.98 Å². The second-order valence-corrected chi connectivity index (χ2v) is 5.12. The number of H-pyrrole nitrogens is 1. The molecular formula is C15H18N2O2. The largest absolute Gasteiger partial charge is 0.493 e. The second-order valence-electron chi connectivity index (χ2n) is 5.12. The summed E-state index contributed by atoms with van der Waals surface area (Å²) >= 11 is 0. The van der Waals surface area contributed by atoms with Crippen molar-refractivity contribution < 1.29 is 5.11 Å². The first-order chi connectivity index (χ1) is 8.90. The van der Waals surface area contributed by atoms with Gasteiger partial charge in [-0.1, -0.05) is 37.6 Å². The Morgan fingerprint density at radius 3 is 2.47 bits per heavy atom. The summed E-state index contributed by atoms with van der Waals surface area (Å²) in [5.41, 5.74) is 3.03. The number of hydrogen-bond donors (Lipinski definition) is 2. The van der Waals surface area contributed by atoms with Crippen LogP contribution in [0, 0.1) is 13.8 Å². The van der Waals surface area contributed by atoms with Gasteiger partial charge in [0.05, 0.1) is 5.56 Å². The van der Waals surface area contributed by atoms with Gasteiger partial charge in [-0.3, -0.25) is 4.79 Å². The monoisotopic (exact) mass is 258 g/mol. The molecule has 0 bridgehead atoms. The molecule has 4 nitrogen and oxygen atoms in total. The Balaban J connectivity index is 2.62. The molecule has 1 heterocycles. The first kappa shape index (κ1) is 13.3. The van der Waals surface area contributed by atoms with Crippen LogP contribution < -0.4 is 5.56 Å². The van der Waals surface area contributed by atoms with Gasteiger partial charge in [0.1, 0.15) is 5.82 Å². The van der Waals surface area contributed by atoms with Crippen LogP contribution in [0.2, 0.25) is 0 Å². The van der Waals surface area contributed by atoms with Gasteiger partial charge in [0.15, 0.2) is 0 Å². The predicted molar refractivity (Wildman–Crippen MR) is 75.5 cm³/mol. The van der Waals surface area contributed by atoms with Gasteiger partial charge < -0.3 is 10.1 Å². The fourth-order valence-electron chi connectivity index (χ4n) is 2.20. The molecule has 0 aliphatic heterocycles. The van der Waals surface area contributed by atoms with E-state index in [0.717, 1.165) is 16.7 Å². The molecule has 0 atom stereocenters. The van der Waals surface area contributed by atoms with Crippen molar-refractivity contribution in [3.8, 4) is 17.3 Å². The molecule has 0 fully saturated rings. The third kappa shape index (κ3) is 2.52. The number of aromatic hydroxyl groups is 1. The molecule has 2 rings (SSSR count). The van der Waals surface area contributed by atoms with Crippen molar-refractivity contribution in [3.05, 3.63) is 45.2 Å². The van der Waals surface area contributed by atoms with Gasteiger partial charge in [0, 0.05) is 5.56 Å². The van der Waals surface area contributed by atoms with Crippen molar-refractivity contribution in [3.63, 3.8) is 0 Å². The smallest absolute Gasteiger partial charge is 0.258 e. The van der Waals surface area contributed by atoms with E-state index < -0.39 is 0 Å². The summed E-state index contributed by atoms with van der Waals surface area (Å²) in [5, 5.41) is 9.92. The lowest BCUT2D eigenvalue weighted by Crippen LogP contribution is -2.16. The minimum atomic E-state index is -0.280. The summed E-state index contributed by atoms with van der Waals surface area (Å²) in [6.07, 6.45) is 0. The quantitative estimate of drug-likeness (QED) is 0.870. The van der Waals surface area contributed by atoms with Gasteiger partial charge in [-0.15, -0.1) is 0 Å². The normalized spacial score (nSPS) is 11.0. The van der Waals surface area contributed by atoms with E-state index in [0.29, 0.717) is 11.4 Å². The van der Waals surface area contributed by atoms with E-state index in [1.54, 1.807) is 0 Å². The molecule has 2 N–H and O–H groups in total. The Kier molecular flexibility index (Phi) is 3.42. The number of hydrogen-bond acceptors (Lipinski definition) is 3. The summed E-state index contributed by atoms with van der Waals surface area (Å²) in [5.74, 6) is 0.155. The molecule has 0 saturated carbocycles. The highest BCUT2D eigenvalue weighted by Crippen LogP contribution is 2.24. The van der Waals surface area contributed by atoms with Crippen molar-refractivity contribution in [1.82, 2.24) is 9.97 Å². The lowest BCUT2D eigenvalue weighted by Gasteiger charge is -2.10.